The van der Waals surface area contributed by atoms with Crippen LogP contribution in [-0.4, -0.2) is 34.4 Å². The average molecular weight is 246 g/mol. The minimum absolute atomic E-state index is 0.0530. The van der Waals surface area contributed by atoms with E-state index in [0.717, 1.165) is 12.8 Å². The number of benzene rings is 1. The van der Waals surface area contributed by atoms with Gasteiger partial charge in [0.05, 0.1) is 6.54 Å². The molecule has 1 saturated carbocycles. The molecule has 0 bridgehead atoms. The van der Waals surface area contributed by atoms with Gasteiger partial charge in [0, 0.05) is 6.04 Å². The molecule has 1 aromatic carbocycles. The van der Waals surface area contributed by atoms with E-state index < -0.39 is 6.04 Å². The summed E-state index contributed by atoms with van der Waals surface area (Å²) in [4.78, 5) is 25.6. The van der Waals surface area contributed by atoms with Crippen LogP contribution in [0, 0.1) is 0 Å². The first kappa shape index (κ1) is 11.1. The predicted molar refractivity (Wildman–Crippen MR) is 63.7 cm³/mol. The lowest BCUT2D eigenvalue weighted by molar-refractivity contribution is -0.145. The van der Waals surface area contributed by atoms with Crippen LogP contribution in [-0.2, 0) is 9.59 Å². The zero-order chi connectivity index (χ0) is 12.7. The lowest BCUT2D eigenvalue weighted by Crippen LogP contribution is -2.54. The fourth-order valence-corrected chi connectivity index (χ4v) is 2.25. The first-order valence-corrected chi connectivity index (χ1v) is 6.04. The van der Waals surface area contributed by atoms with E-state index in [9.17, 15) is 14.7 Å². The number of hydrogen-bond donors (Lipinski definition) is 2. The first-order chi connectivity index (χ1) is 8.65. The molecule has 1 aliphatic carbocycles. The van der Waals surface area contributed by atoms with Gasteiger partial charge in [-0.2, -0.15) is 0 Å². The summed E-state index contributed by atoms with van der Waals surface area (Å²) in [5.41, 5.74) is 0.705. The number of nitrogens with one attached hydrogen (secondary N) is 1. The van der Waals surface area contributed by atoms with Crippen LogP contribution in [0.15, 0.2) is 24.3 Å². The lowest BCUT2D eigenvalue weighted by Gasteiger charge is -2.32. The molecule has 1 aliphatic heterocycles. The van der Waals surface area contributed by atoms with E-state index in [-0.39, 0.29) is 30.2 Å². The highest BCUT2D eigenvalue weighted by molar-refractivity contribution is 5.95. The van der Waals surface area contributed by atoms with Gasteiger partial charge >= 0.3 is 0 Å². The van der Waals surface area contributed by atoms with Gasteiger partial charge in [0.25, 0.3) is 5.91 Å². The van der Waals surface area contributed by atoms with E-state index in [4.69, 9.17) is 0 Å². The summed E-state index contributed by atoms with van der Waals surface area (Å²) in [6.07, 6.45) is 1.97. The Kier molecular flexibility index (Phi) is 2.47. The summed E-state index contributed by atoms with van der Waals surface area (Å²) >= 11 is 0. The Hall–Kier alpha value is -2.04. The highest BCUT2D eigenvalue weighted by Crippen LogP contribution is 2.31. The van der Waals surface area contributed by atoms with Crippen molar-refractivity contribution in [2.75, 3.05) is 6.54 Å². The Labute approximate surface area is 104 Å². The van der Waals surface area contributed by atoms with Gasteiger partial charge in [-0.1, -0.05) is 12.1 Å². The maximum absolute atomic E-state index is 12.3. The van der Waals surface area contributed by atoms with Crippen molar-refractivity contribution in [2.24, 2.45) is 0 Å². The van der Waals surface area contributed by atoms with Crippen LogP contribution >= 0.6 is 0 Å². The third-order valence-corrected chi connectivity index (χ3v) is 3.36. The normalized spacial score (nSPS) is 24.0. The van der Waals surface area contributed by atoms with Crippen LogP contribution in [0.4, 0.5) is 0 Å². The number of phenolic OH excluding ortho intramolecular Hbond substituents is 1. The molecule has 1 saturated heterocycles. The molecule has 0 unspecified atom stereocenters. The minimum atomic E-state index is -0.618. The van der Waals surface area contributed by atoms with Gasteiger partial charge < -0.3 is 15.3 Å². The topological polar surface area (TPSA) is 69.6 Å². The number of phenols is 1. The third-order valence-electron chi connectivity index (χ3n) is 3.36. The number of piperazine rings is 1. The summed E-state index contributed by atoms with van der Waals surface area (Å²) in [5, 5.41) is 11.9. The molecule has 2 amide bonds. The van der Waals surface area contributed by atoms with Gasteiger partial charge in [-0.05, 0) is 30.5 Å². The van der Waals surface area contributed by atoms with Crippen LogP contribution in [0.2, 0.25) is 0 Å². The number of carbonyl (C=O) groups is 2. The van der Waals surface area contributed by atoms with E-state index in [1.807, 2.05) is 0 Å². The molecule has 0 spiro atoms. The van der Waals surface area contributed by atoms with Crippen molar-refractivity contribution in [1.82, 2.24) is 10.2 Å². The Balaban J connectivity index is 1.87. The monoisotopic (exact) mass is 246 g/mol. The molecule has 1 heterocycles. The van der Waals surface area contributed by atoms with Gasteiger partial charge in [-0.25, -0.2) is 0 Å². The number of amides is 2. The molecular formula is C13H14N2O3. The van der Waals surface area contributed by atoms with Crippen molar-refractivity contribution in [3.05, 3.63) is 29.8 Å². The van der Waals surface area contributed by atoms with Crippen molar-refractivity contribution in [3.63, 3.8) is 0 Å². The molecule has 2 aliphatic rings. The third kappa shape index (κ3) is 1.92. The molecule has 18 heavy (non-hydrogen) atoms. The van der Waals surface area contributed by atoms with Crippen molar-refractivity contribution in [3.8, 4) is 5.75 Å². The van der Waals surface area contributed by atoms with Crippen LogP contribution in [0.5, 0.6) is 5.75 Å². The lowest BCUT2D eigenvalue weighted by atomic mass is 10.0. The molecule has 0 aromatic heterocycles. The first-order valence-electron chi connectivity index (χ1n) is 6.04. The molecule has 2 fully saturated rings. The van der Waals surface area contributed by atoms with Crippen LogP contribution in [0.3, 0.4) is 0 Å². The fraction of sp³-hybridized carbons (Fsp3) is 0.385. The molecular weight excluding hydrogens is 232 g/mol. The standard InChI is InChI=1S/C13H14N2O3/c16-10-5-1-8(2-6-10)12-13(18)15(9-3-4-9)7-11(17)14-12/h1-2,5-6,9,12,16H,3-4,7H2,(H,14,17)/t12-/m1/s1. The van der Waals surface area contributed by atoms with E-state index in [0.29, 0.717) is 5.56 Å². The molecule has 1 atom stereocenters. The fourth-order valence-electron chi connectivity index (χ4n) is 2.25. The zero-order valence-electron chi connectivity index (χ0n) is 9.80. The zero-order valence-corrected chi connectivity index (χ0v) is 9.80. The maximum Gasteiger partial charge on any atom is 0.250 e. The van der Waals surface area contributed by atoms with Crippen molar-refractivity contribution in [1.29, 1.82) is 0 Å². The number of carbonyl (C=O) groups excluding carboxylic acids is 2. The molecule has 2 N–H and O–H groups in total. The summed E-state index contributed by atoms with van der Waals surface area (Å²) in [7, 11) is 0. The van der Waals surface area contributed by atoms with Crippen molar-refractivity contribution < 1.29 is 14.7 Å². The van der Waals surface area contributed by atoms with Gasteiger partial charge in [0.15, 0.2) is 0 Å². The number of nitrogens with zero attached hydrogens (tertiary/aromatic N) is 1. The molecule has 94 valence electrons. The molecule has 3 rings (SSSR count). The Bertz CT molecular complexity index is 493. The molecule has 5 nitrogen and oxygen atoms in total. The van der Waals surface area contributed by atoms with Crippen molar-refractivity contribution >= 4 is 11.8 Å². The predicted octanol–water partition coefficient (Wildman–Crippen LogP) is 0.554. The van der Waals surface area contributed by atoms with Crippen LogP contribution in [0.25, 0.3) is 0 Å². The molecule has 1 aromatic rings. The van der Waals surface area contributed by atoms with Gasteiger partial charge in [-0.3, -0.25) is 9.59 Å². The SMILES string of the molecule is O=C1CN(C2CC2)C(=O)[C@@H](c2ccc(O)cc2)N1. The number of hydrogen-bond acceptors (Lipinski definition) is 3. The summed E-state index contributed by atoms with van der Waals surface area (Å²) in [6.45, 7) is 0.165. The smallest absolute Gasteiger partial charge is 0.250 e. The summed E-state index contributed by atoms with van der Waals surface area (Å²) in [5.74, 6) is -0.0326. The second kappa shape index (κ2) is 4.01. The van der Waals surface area contributed by atoms with Gasteiger partial charge in [0.1, 0.15) is 11.8 Å². The maximum atomic E-state index is 12.3. The quantitative estimate of drug-likeness (QED) is 0.800. The highest BCUT2D eigenvalue weighted by Gasteiger charge is 2.41. The largest absolute Gasteiger partial charge is 0.508 e. The summed E-state index contributed by atoms with van der Waals surface area (Å²) in [6, 6.07) is 5.98. The van der Waals surface area contributed by atoms with Gasteiger partial charge in [0.2, 0.25) is 5.91 Å². The second-order valence-electron chi connectivity index (χ2n) is 4.79. The van der Waals surface area contributed by atoms with E-state index >= 15 is 0 Å². The molecule has 0 radical (unpaired) electrons. The van der Waals surface area contributed by atoms with E-state index in [1.165, 1.54) is 12.1 Å². The van der Waals surface area contributed by atoms with E-state index in [2.05, 4.69) is 5.32 Å². The van der Waals surface area contributed by atoms with Crippen molar-refractivity contribution in [2.45, 2.75) is 24.9 Å². The number of aromatic hydroxyl groups is 1. The Morgan fingerprint density at radius 2 is 1.83 bits per heavy atom. The second-order valence-corrected chi connectivity index (χ2v) is 4.79. The van der Waals surface area contributed by atoms with Crippen LogP contribution < -0.4 is 5.32 Å². The summed E-state index contributed by atoms with van der Waals surface area (Å²) < 4.78 is 0. The Morgan fingerprint density at radius 1 is 1.17 bits per heavy atom. The molecule has 5 heteroatoms. The highest BCUT2D eigenvalue weighted by atomic mass is 16.3. The van der Waals surface area contributed by atoms with E-state index in [1.54, 1.807) is 17.0 Å². The van der Waals surface area contributed by atoms with Crippen LogP contribution in [0.1, 0.15) is 24.4 Å². The average Bonchev–Trinajstić information content (AvgIpc) is 3.17. The minimum Gasteiger partial charge on any atom is -0.508 e. The Morgan fingerprint density at radius 3 is 2.44 bits per heavy atom. The van der Waals surface area contributed by atoms with Gasteiger partial charge in [-0.15, -0.1) is 0 Å². The number of rotatable bonds is 2.